The number of halogens is 1. The van der Waals surface area contributed by atoms with Crippen LogP contribution in [0.4, 0.5) is 11.4 Å². The molecule has 0 aliphatic rings. The number of amides is 2. The first-order chi connectivity index (χ1) is 11.4. The zero-order valence-electron chi connectivity index (χ0n) is 12.7. The van der Waals surface area contributed by atoms with Crippen LogP contribution >= 0.6 is 11.6 Å². The van der Waals surface area contributed by atoms with E-state index in [4.69, 9.17) is 11.6 Å². The second kappa shape index (κ2) is 7.56. The Morgan fingerprint density at radius 1 is 1.17 bits per heavy atom. The molecule has 0 saturated heterocycles. The van der Waals surface area contributed by atoms with Crippen LogP contribution in [0.25, 0.3) is 0 Å². The molecule has 2 amide bonds. The van der Waals surface area contributed by atoms with E-state index in [2.05, 4.69) is 10.6 Å². The molecule has 8 heteroatoms. The number of anilines is 1. The number of hydrogen-bond acceptors (Lipinski definition) is 4. The summed E-state index contributed by atoms with van der Waals surface area (Å²) in [5.41, 5.74) is 1.53. The number of benzene rings is 2. The van der Waals surface area contributed by atoms with Crippen molar-refractivity contribution in [2.24, 2.45) is 0 Å². The first kappa shape index (κ1) is 17.4. The number of nitrogens with one attached hydrogen (secondary N) is 2. The largest absolute Gasteiger partial charge is 0.343 e. The minimum absolute atomic E-state index is 0.113. The third-order valence-corrected chi connectivity index (χ3v) is 3.46. The van der Waals surface area contributed by atoms with E-state index in [1.165, 1.54) is 24.3 Å². The fourth-order valence-corrected chi connectivity index (χ4v) is 2.20. The zero-order valence-corrected chi connectivity index (χ0v) is 13.5. The van der Waals surface area contributed by atoms with Gasteiger partial charge >= 0.3 is 0 Å². The van der Waals surface area contributed by atoms with Crippen LogP contribution in [0.5, 0.6) is 0 Å². The van der Waals surface area contributed by atoms with E-state index in [0.717, 1.165) is 5.56 Å². The Hall–Kier alpha value is -2.93. The molecule has 0 aliphatic carbocycles. The molecule has 2 N–H and O–H groups in total. The predicted octanol–water partition coefficient (Wildman–Crippen LogP) is 2.93. The highest BCUT2D eigenvalue weighted by Gasteiger charge is 2.11. The Morgan fingerprint density at radius 3 is 2.42 bits per heavy atom. The fourth-order valence-electron chi connectivity index (χ4n) is 1.91. The summed E-state index contributed by atoms with van der Waals surface area (Å²) in [4.78, 5) is 33.8. The Morgan fingerprint density at radius 2 is 1.83 bits per heavy atom. The molecular weight excluding hydrogens is 334 g/mol. The molecule has 2 aromatic rings. The van der Waals surface area contributed by atoms with E-state index < -0.39 is 16.7 Å². The van der Waals surface area contributed by atoms with Gasteiger partial charge in [0, 0.05) is 17.7 Å². The average Bonchev–Trinajstić information content (AvgIpc) is 2.55. The third-order valence-electron chi connectivity index (χ3n) is 3.15. The van der Waals surface area contributed by atoms with Crippen LogP contribution in [-0.4, -0.2) is 23.3 Å². The summed E-state index contributed by atoms with van der Waals surface area (Å²) >= 11 is 6.02. The molecule has 0 bridgehead atoms. The van der Waals surface area contributed by atoms with Crippen LogP contribution in [0.15, 0.2) is 42.5 Å². The van der Waals surface area contributed by atoms with Crippen molar-refractivity contribution < 1.29 is 14.5 Å². The van der Waals surface area contributed by atoms with Crippen LogP contribution < -0.4 is 10.6 Å². The minimum atomic E-state index is -0.555. The molecule has 0 aliphatic heterocycles. The van der Waals surface area contributed by atoms with Crippen molar-refractivity contribution in [1.82, 2.24) is 5.32 Å². The summed E-state index contributed by atoms with van der Waals surface area (Å²) in [7, 11) is 0. The van der Waals surface area contributed by atoms with E-state index >= 15 is 0 Å². The summed E-state index contributed by atoms with van der Waals surface area (Å²) in [6, 6.07) is 10.3. The van der Waals surface area contributed by atoms with E-state index in [-0.39, 0.29) is 17.8 Å². The highest BCUT2D eigenvalue weighted by molar-refractivity contribution is 6.33. The summed E-state index contributed by atoms with van der Waals surface area (Å²) < 4.78 is 0. The van der Waals surface area contributed by atoms with Crippen molar-refractivity contribution in [2.75, 3.05) is 11.9 Å². The Bertz CT molecular complexity index is 790. The van der Waals surface area contributed by atoms with Gasteiger partial charge in [0.1, 0.15) is 0 Å². The molecule has 0 aromatic heterocycles. The second-order valence-corrected chi connectivity index (χ2v) is 5.43. The van der Waals surface area contributed by atoms with Gasteiger partial charge in [-0.2, -0.15) is 0 Å². The molecule has 0 heterocycles. The lowest BCUT2D eigenvalue weighted by atomic mass is 10.2. The third kappa shape index (κ3) is 4.53. The highest BCUT2D eigenvalue weighted by Crippen LogP contribution is 2.22. The molecule has 2 rings (SSSR count). The van der Waals surface area contributed by atoms with Crippen molar-refractivity contribution in [3.05, 3.63) is 68.7 Å². The maximum absolute atomic E-state index is 11.9. The van der Waals surface area contributed by atoms with Gasteiger partial charge in [-0.05, 0) is 36.8 Å². The van der Waals surface area contributed by atoms with Gasteiger partial charge in [0.25, 0.3) is 11.6 Å². The quantitative estimate of drug-likeness (QED) is 0.641. The lowest BCUT2D eigenvalue weighted by Gasteiger charge is -2.09. The van der Waals surface area contributed by atoms with Gasteiger partial charge in [-0.3, -0.25) is 19.7 Å². The standard InChI is InChI=1S/C16H14ClN3O4/c1-10-2-7-14(13(17)8-10)19-15(21)9-18-16(22)11-3-5-12(6-4-11)20(23)24/h2-8H,9H2,1H3,(H,18,22)(H,19,21). The van der Waals surface area contributed by atoms with Gasteiger partial charge in [0.15, 0.2) is 0 Å². The monoisotopic (exact) mass is 347 g/mol. The molecule has 0 spiro atoms. The SMILES string of the molecule is Cc1ccc(NC(=O)CNC(=O)c2ccc([N+](=O)[O-])cc2)c(Cl)c1. The number of nitrogens with zero attached hydrogens (tertiary/aromatic N) is 1. The van der Waals surface area contributed by atoms with Crippen LogP contribution in [0.2, 0.25) is 5.02 Å². The number of aryl methyl sites for hydroxylation is 1. The maximum atomic E-state index is 11.9. The van der Waals surface area contributed by atoms with Gasteiger partial charge in [0.05, 0.1) is 22.2 Å². The van der Waals surface area contributed by atoms with Gasteiger partial charge in [0.2, 0.25) is 5.91 Å². The molecule has 0 radical (unpaired) electrons. The molecule has 124 valence electrons. The summed E-state index contributed by atoms with van der Waals surface area (Å²) in [5, 5.41) is 16.0. The number of carbonyl (C=O) groups is 2. The van der Waals surface area contributed by atoms with Crippen molar-refractivity contribution in [1.29, 1.82) is 0 Å². The van der Waals surface area contributed by atoms with Crippen LogP contribution in [0, 0.1) is 17.0 Å². The van der Waals surface area contributed by atoms with E-state index in [1.807, 2.05) is 6.92 Å². The Kier molecular flexibility index (Phi) is 5.49. The van der Waals surface area contributed by atoms with Crippen LogP contribution in [-0.2, 0) is 4.79 Å². The molecule has 0 unspecified atom stereocenters. The van der Waals surface area contributed by atoms with Gasteiger partial charge in [-0.15, -0.1) is 0 Å². The van der Waals surface area contributed by atoms with Crippen molar-refractivity contribution in [2.45, 2.75) is 6.92 Å². The molecule has 0 saturated carbocycles. The fraction of sp³-hybridized carbons (Fsp3) is 0.125. The Labute approximate surface area is 142 Å². The topological polar surface area (TPSA) is 101 Å². The molecular formula is C16H14ClN3O4. The lowest BCUT2D eigenvalue weighted by Crippen LogP contribution is -2.32. The summed E-state index contributed by atoms with van der Waals surface area (Å²) in [5.74, 6) is -0.939. The number of nitro groups is 1. The molecule has 7 nitrogen and oxygen atoms in total. The summed E-state index contributed by atoms with van der Waals surface area (Å²) in [6.45, 7) is 1.63. The van der Waals surface area contributed by atoms with Gasteiger partial charge < -0.3 is 10.6 Å². The van der Waals surface area contributed by atoms with E-state index in [1.54, 1.807) is 18.2 Å². The number of non-ortho nitro benzene ring substituents is 1. The van der Waals surface area contributed by atoms with Gasteiger partial charge in [-0.1, -0.05) is 17.7 Å². The normalized spacial score (nSPS) is 10.1. The average molecular weight is 348 g/mol. The number of rotatable bonds is 5. The van der Waals surface area contributed by atoms with E-state index in [9.17, 15) is 19.7 Å². The first-order valence-electron chi connectivity index (χ1n) is 6.95. The molecule has 0 atom stereocenters. The second-order valence-electron chi connectivity index (χ2n) is 5.02. The Balaban J connectivity index is 1.91. The van der Waals surface area contributed by atoms with Crippen molar-refractivity contribution in [3.63, 3.8) is 0 Å². The zero-order chi connectivity index (χ0) is 17.7. The number of nitro benzene ring substituents is 1. The minimum Gasteiger partial charge on any atom is -0.343 e. The van der Waals surface area contributed by atoms with E-state index in [0.29, 0.717) is 10.7 Å². The highest BCUT2D eigenvalue weighted by atomic mass is 35.5. The maximum Gasteiger partial charge on any atom is 0.269 e. The van der Waals surface area contributed by atoms with Gasteiger partial charge in [-0.25, -0.2) is 0 Å². The van der Waals surface area contributed by atoms with Crippen molar-refractivity contribution in [3.8, 4) is 0 Å². The molecule has 0 fully saturated rings. The summed E-state index contributed by atoms with van der Waals surface area (Å²) in [6.07, 6.45) is 0. The lowest BCUT2D eigenvalue weighted by molar-refractivity contribution is -0.384. The molecule has 2 aromatic carbocycles. The first-order valence-corrected chi connectivity index (χ1v) is 7.33. The van der Waals surface area contributed by atoms with Crippen LogP contribution in [0.3, 0.4) is 0 Å². The smallest absolute Gasteiger partial charge is 0.269 e. The number of carbonyl (C=O) groups excluding carboxylic acids is 2. The predicted molar refractivity (Wildman–Crippen MR) is 90.2 cm³/mol. The van der Waals surface area contributed by atoms with Crippen molar-refractivity contribution >= 4 is 34.8 Å². The molecule has 24 heavy (non-hydrogen) atoms. The van der Waals surface area contributed by atoms with Crippen LogP contribution in [0.1, 0.15) is 15.9 Å². The number of hydrogen-bond donors (Lipinski definition) is 2.